The molecule has 4 nitrogen and oxygen atoms in total. The van der Waals surface area contributed by atoms with Crippen LogP contribution in [0.4, 0.5) is 0 Å². The van der Waals surface area contributed by atoms with E-state index >= 15 is 0 Å². The van der Waals surface area contributed by atoms with Crippen LogP contribution in [0.1, 0.15) is 17.5 Å². The number of carbonyl (C=O) groups is 1. The normalized spacial score (nSPS) is 11.8. The van der Waals surface area contributed by atoms with Gasteiger partial charge in [-0.15, -0.1) is 0 Å². The third-order valence-electron chi connectivity index (χ3n) is 1.24. The average molecular weight is 200 g/mol. The van der Waals surface area contributed by atoms with Crippen LogP contribution in [0.15, 0.2) is 16.5 Å². The molecule has 13 heavy (non-hydrogen) atoms. The van der Waals surface area contributed by atoms with Gasteiger partial charge in [-0.25, -0.2) is 4.79 Å². The smallest absolute Gasteiger partial charge is 0.375 e. The third kappa shape index (κ3) is 2.49. The molecule has 0 bridgehead atoms. The summed E-state index contributed by atoms with van der Waals surface area (Å²) in [4.78, 5) is 11.1. The molecule has 0 aliphatic heterocycles. The minimum Gasteiger partial charge on any atom is -0.441 e. The molecule has 0 amide bonds. The maximum atomic E-state index is 11.1. The molecule has 0 saturated heterocycles. The number of hydrogen-bond donors (Lipinski definition) is 0. The topological polar surface area (TPSA) is 63.2 Å². The number of halogens is 1. The van der Waals surface area contributed by atoms with Crippen molar-refractivity contribution in [2.45, 2.75) is 13.0 Å². The lowest BCUT2D eigenvalue weighted by Crippen LogP contribution is -2.12. The Balaban J connectivity index is 2.65. The molecular formula is C8H6ClNO3. The molecule has 0 spiro atoms. The summed E-state index contributed by atoms with van der Waals surface area (Å²) >= 11 is 5.44. The van der Waals surface area contributed by atoms with E-state index in [-0.39, 0.29) is 11.0 Å². The first-order valence-corrected chi connectivity index (χ1v) is 3.87. The van der Waals surface area contributed by atoms with E-state index in [2.05, 4.69) is 4.74 Å². The van der Waals surface area contributed by atoms with Gasteiger partial charge in [0.05, 0.1) is 0 Å². The minimum atomic E-state index is -0.795. The lowest BCUT2D eigenvalue weighted by molar-refractivity contribution is 0.0399. The molecule has 0 aliphatic rings. The second-order valence-electron chi connectivity index (χ2n) is 2.28. The summed E-state index contributed by atoms with van der Waals surface area (Å²) in [7, 11) is 0. The number of nitrogens with zero attached hydrogens (tertiary/aromatic N) is 1. The predicted molar refractivity (Wildman–Crippen MR) is 44.2 cm³/mol. The molecule has 1 heterocycles. The fourth-order valence-electron chi connectivity index (χ4n) is 0.669. The maximum absolute atomic E-state index is 11.1. The first-order valence-electron chi connectivity index (χ1n) is 3.49. The van der Waals surface area contributed by atoms with Crippen molar-refractivity contribution < 1.29 is 13.9 Å². The highest BCUT2D eigenvalue weighted by Crippen LogP contribution is 2.14. The molecule has 0 aromatic carbocycles. The van der Waals surface area contributed by atoms with Crippen molar-refractivity contribution in [1.29, 1.82) is 5.26 Å². The van der Waals surface area contributed by atoms with Crippen LogP contribution >= 0.6 is 11.6 Å². The van der Waals surface area contributed by atoms with Crippen LogP contribution in [0.3, 0.4) is 0 Å². The van der Waals surface area contributed by atoms with Gasteiger partial charge in [0.25, 0.3) is 0 Å². The van der Waals surface area contributed by atoms with Gasteiger partial charge in [0.2, 0.25) is 5.76 Å². The second kappa shape index (κ2) is 3.97. The Labute approximate surface area is 79.7 Å². The molecule has 1 atom stereocenters. The zero-order valence-corrected chi connectivity index (χ0v) is 7.54. The molecule has 5 heteroatoms. The van der Waals surface area contributed by atoms with Gasteiger partial charge >= 0.3 is 5.97 Å². The number of ether oxygens (including phenoxy) is 1. The molecule has 1 rings (SSSR count). The number of esters is 1. The number of hydrogen-bond acceptors (Lipinski definition) is 4. The van der Waals surface area contributed by atoms with Gasteiger partial charge in [-0.1, -0.05) is 0 Å². The Morgan fingerprint density at radius 3 is 2.92 bits per heavy atom. The van der Waals surface area contributed by atoms with Crippen LogP contribution in [0.5, 0.6) is 0 Å². The standard InChI is InChI=1S/C8H6ClNO3/c1-5(4-10)12-8(11)6-2-3-7(9)13-6/h2-3,5H,1H3. The largest absolute Gasteiger partial charge is 0.441 e. The first-order chi connectivity index (χ1) is 6.13. The Kier molecular flexibility index (Phi) is 2.93. The summed E-state index contributed by atoms with van der Waals surface area (Å²) in [5, 5.41) is 8.46. The zero-order chi connectivity index (χ0) is 9.84. The van der Waals surface area contributed by atoms with Crippen molar-refractivity contribution in [3.05, 3.63) is 23.1 Å². The van der Waals surface area contributed by atoms with Gasteiger partial charge in [-0.2, -0.15) is 5.26 Å². The van der Waals surface area contributed by atoms with E-state index in [9.17, 15) is 4.79 Å². The summed E-state index contributed by atoms with van der Waals surface area (Å²) in [6, 6.07) is 4.56. The molecule has 0 N–H and O–H groups in total. The Bertz CT molecular complexity index is 353. The molecule has 1 aromatic rings. The van der Waals surface area contributed by atoms with Gasteiger partial charge in [0.15, 0.2) is 11.3 Å². The molecule has 0 fully saturated rings. The first kappa shape index (κ1) is 9.62. The van der Waals surface area contributed by atoms with E-state index in [1.165, 1.54) is 19.1 Å². The SMILES string of the molecule is CC(C#N)OC(=O)c1ccc(Cl)o1. The summed E-state index contributed by atoms with van der Waals surface area (Å²) in [6.45, 7) is 1.46. The zero-order valence-electron chi connectivity index (χ0n) is 6.78. The fourth-order valence-corrected chi connectivity index (χ4v) is 0.815. The molecule has 0 aliphatic carbocycles. The van der Waals surface area contributed by atoms with Gasteiger partial charge in [0.1, 0.15) is 6.07 Å². The van der Waals surface area contributed by atoms with E-state index in [4.69, 9.17) is 21.3 Å². The van der Waals surface area contributed by atoms with E-state index in [1.807, 2.05) is 0 Å². The lowest BCUT2D eigenvalue weighted by Gasteiger charge is -2.02. The van der Waals surface area contributed by atoms with Crippen LogP contribution < -0.4 is 0 Å². The maximum Gasteiger partial charge on any atom is 0.375 e. The molecule has 68 valence electrons. The summed E-state index contributed by atoms with van der Waals surface area (Å²) < 4.78 is 9.42. The van der Waals surface area contributed by atoms with Crippen molar-refractivity contribution in [1.82, 2.24) is 0 Å². The van der Waals surface area contributed by atoms with Crippen molar-refractivity contribution >= 4 is 17.6 Å². The number of furan rings is 1. The Hall–Kier alpha value is -1.47. The average Bonchev–Trinajstić information content (AvgIpc) is 2.51. The van der Waals surface area contributed by atoms with Crippen molar-refractivity contribution in [2.24, 2.45) is 0 Å². The number of rotatable bonds is 2. The van der Waals surface area contributed by atoms with E-state index in [0.717, 1.165) is 0 Å². The Morgan fingerprint density at radius 1 is 1.77 bits per heavy atom. The second-order valence-corrected chi connectivity index (χ2v) is 2.65. The quantitative estimate of drug-likeness (QED) is 0.684. The number of nitriles is 1. The van der Waals surface area contributed by atoms with Gasteiger partial charge in [-0.05, 0) is 30.7 Å². The van der Waals surface area contributed by atoms with Gasteiger partial charge in [0, 0.05) is 0 Å². The number of carbonyl (C=O) groups excluding carboxylic acids is 1. The van der Waals surface area contributed by atoms with Crippen LogP contribution in [0.25, 0.3) is 0 Å². The van der Waals surface area contributed by atoms with E-state index in [0.29, 0.717) is 0 Å². The molecular weight excluding hydrogens is 194 g/mol. The lowest BCUT2D eigenvalue weighted by atomic mass is 10.4. The summed E-state index contributed by atoms with van der Waals surface area (Å²) in [6.07, 6.45) is -0.795. The minimum absolute atomic E-state index is 0.00731. The highest BCUT2D eigenvalue weighted by molar-refractivity contribution is 6.29. The van der Waals surface area contributed by atoms with Gasteiger partial charge < -0.3 is 9.15 Å². The fraction of sp³-hybridized carbons (Fsp3) is 0.250. The highest BCUT2D eigenvalue weighted by Gasteiger charge is 2.14. The van der Waals surface area contributed by atoms with Crippen LogP contribution in [-0.2, 0) is 4.74 Å². The summed E-state index contributed by atoms with van der Waals surface area (Å²) in [5.74, 6) is -0.701. The predicted octanol–water partition coefficient (Wildman–Crippen LogP) is 2.00. The van der Waals surface area contributed by atoms with Crippen molar-refractivity contribution in [2.75, 3.05) is 0 Å². The van der Waals surface area contributed by atoms with Crippen molar-refractivity contribution in [3.8, 4) is 6.07 Å². The van der Waals surface area contributed by atoms with Crippen LogP contribution in [0.2, 0.25) is 5.22 Å². The molecule has 0 radical (unpaired) electrons. The molecule has 0 saturated carbocycles. The summed E-state index contributed by atoms with van der Waals surface area (Å²) in [5.41, 5.74) is 0. The van der Waals surface area contributed by atoms with Gasteiger partial charge in [-0.3, -0.25) is 0 Å². The van der Waals surface area contributed by atoms with Crippen LogP contribution in [-0.4, -0.2) is 12.1 Å². The van der Waals surface area contributed by atoms with Crippen LogP contribution in [0, 0.1) is 11.3 Å². The van der Waals surface area contributed by atoms with Crippen molar-refractivity contribution in [3.63, 3.8) is 0 Å². The Morgan fingerprint density at radius 2 is 2.46 bits per heavy atom. The van der Waals surface area contributed by atoms with E-state index < -0.39 is 12.1 Å². The van der Waals surface area contributed by atoms with E-state index in [1.54, 1.807) is 6.07 Å². The molecule has 1 unspecified atom stereocenters. The monoisotopic (exact) mass is 199 g/mol. The highest BCUT2D eigenvalue weighted by atomic mass is 35.5. The third-order valence-corrected chi connectivity index (χ3v) is 1.44. The molecule has 1 aromatic heterocycles.